The van der Waals surface area contributed by atoms with Crippen molar-refractivity contribution in [3.63, 3.8) is 0 Å². The summed E-state index contributed by atoms with van der Waals surface area (Å²) in [4.78, 5) is 12.1. The van der Waals surface area contributed by atoms with Crippen LogP contribution < -0.4 is 10.1 Å². The van der Waals surface area contributed by atoms with Crippen LogP contribution in [0.4, 0.5) is 14.5 Å². The molecule has 0 radical (unpaired) electrons. The molecule has 0 bridgehead atoms. The van der Waals surface area contributed by atoms with Gasteiger partial charge in [-0.3, -0.25) is 4.79 Å². The van der Waals surface area contributed by atoms with Gasteiger partial charge in [0.25, 0.3) is 0 Å². The highest BCUT2D eigenvalue weighted by Gasteiger charge is 2.08. The summed E-state index contributed by atoms with van der Waals surface area (Å²) in [7, 11) is 0. The van der Waals surface area contributed by atoms with E-state index in [9.17, 15) is 13.6 Å². The van der Waals surface area contributed by atoms with Crippen molar-refractivity contribution in [2.45, 2.75) is 11.8 Å². The number of ether oxygens (including phenoxy) is 1. The zero-order valence-electron chi connectivity index (χ0n) is 11.9. The van der Waals surface area contributed by atoms with E-state index >= 15 is 0 Å². The lowest BCUT2D eigenvalue weighted by atomic mass is 10.3. The van der Waals surface area contributed by atoms with Crippen molar-refractivity contribution in [2.75, 3.05) is 17.7 Å². The smallest absolute Gasteiger partial charge is 0.234 e. The second-order valence-corrected chi connectivity index (χ2v) is 5.39. The number of hydrogen-bond acceptors (Lipinski definition) is 3. The van der Waals surface area contributed by atoms with E-state index in [2.05, 4.69) is 5.32 Å². The van der Waals surface area contributed by atoms with Crippen LogP contribution in [0.2, 0.25) is 0 Å². The second-order valence-electron chi connectivity index (χ2n) is 4.37. The summed E-state index contributed by atoms with van der Waals surface area (Å²) in [5.41, 5.74) is 0.633. The van der Waals surface area contributed by atoms with Gasteiger partial charge in [0.2, 0.25) is 5.91 Å². The van der Waals surface area contributed by atoms with Crippen LogP contribution in [0, 0.1) is 11.6 Å². The molecule has 0 saturated heterocycles. The molecule has 1 N–H and O–H groups in total. The van der Waals surface area contributed by atoms with Crippen LogP contribution in [0.1, 0.15) is 6.92 Å². The van der Waals surface area contributed by atoms with Gasteiger partial charge in [-0.1, -0.05) is 0 Å². The summed E-state index contributed by atoms with van der Waals surface area (Å²) in [5.74, 6) is -0.809. The molecule has 0 heterocycles. The highest BCUT2D eigenvalue weighted by molar-refractivity contribution is 8.00. The Labute approximate surface area is 131 Å². The number of hydrogen-bond donors (Lipinski definition) is 1. The molecule has 0 fully saturated rings. The Morgan fingerprint density at radius 2 is 1.91 bits per heavy atom. The molecule has 0 spiro atoms. The SMILES string of the molecule is CCOc1ccc(NC(=O)CSc2ccc(F)cc2F)cc1. The van der Waals surface area contributed by atoms with Gasteiger partial charge in [0, 0.05) is 16.6 Å². The van der Waals surface area contributed by atoms with E-state index in [-0.39, 0.29) is 16.6 Å². The fraction of sp³-hybridized carbons (Fsp3) is 0.188. The van der Waals surface area contributed by atoms with Crippen LogP contribution in [0.25, 0.3) is 0 Å². The molecule has 0 aliphatic carbocycles. The number of benzene rings is 2. The Kier molecular flexibility index (Phi) is 5.77. The number of amides is 1. The first-order valence-electron chi connectivity index (χ1n) is 6.69. The van der Waals surface area contributed by atoms with Gasteiger partial charge in [-0.2, -0.15) is 0 Å². The predicted octanol–water partition coefficient (Wildman–Crippen LogP) is 4.09. The number of carbonyl (C=O) groups is 1. The Balaban J connectivity index is 1.87. The maximum atomic E-state index is 13.4. The Morgan fingerprint density at radius 1 is 1.18 bits per heavy atom. The van der Waals surface area contributed by atoms with Crippen molar-refractivity contribution in [3.05, 3.63) is 54.1 Å². The average Bonchev–Trinajstić information content (AvgIpc) is 2.49. The molecule has 0 saturated carbocycles. The molecule has 3 nitrogen and oxygen atoms in total. The normalized spacial score (nSPS) is 10.3. The number of nitrogens with one attached hydrogen (secondary N) is 1. The first-order valence-corrected chi connectivity index (χ1v) is 7.67. The summed E-state index contributed by atoms with van der Waals surface area (Å²) in [5, 5.41) is 2.70. The second kappa shape index (κ2) is 7.79. The lowest BCUT2D eigenvalue weighted by Crippen LogP contribution is -2.14. The van der Waals surface area contributed by atoms with Gasteiger partial charge in [0.1, 0.15) is 17.4 Å². The highest BCUT2D eigenvalue weighted by Crippen LogP contribution is 2.23. The van der Waals surface area contributed by atoms with Crippen molar-refractivity contribution in [1.29, 1.82) is 0 Å². The molecular weight excluding hydrogens is 308 g/mol. The molecule has 116 valence electrons. The zero-order chi connectivity index (χ0) is 15.9. The van der Waals surface area contributed by atoms with Crippen LogP contribution in [0.15, 0.2) is 47.4 Å². The third-order valence-electron chi connectivity index (χ3n) is 2.70. The van der Waals surface area contributed by atoms with Crippen LogP contribution in [0.3, 0.4) is 0 Å². The quantitative estimate of drug-likeness (QED) is 0.814. The third-order valence-corrected chi connectivity index (χ3v) is 3.75. The molecule has 1 amide bonds. The summed E-state index contributed by atoms with van der Waals surface area (Å²) in [6.45, 7) is 2.47. The van der Waals surface area contributed by atoms with E-state index in [1.165, 1.54) is 6.07 Å². The van der Waals surface area contributed by atoms with Gasteiger partial charge in [0.15, 0.2) is 0 Å². The minimum absolute atomic E-state index is 0.0375. The van der Waals surface area contributed by atoms with Crippen LogP contribution in [-0.2, 0) is 4.79 Å². The number of anilines is 1. The fourth-order valence-electron chi connectivity index (χ4n) is 1.73. The van der Waals surface area contributed by atoms with Crippen LogP contribution in [0.5, 0.6) is 5.75 Å². The molecule has 0 atom stereocenters. The molecule has 22 heavy (non-hydrogen) atoms. The van der Waals surface area contributed by atoms with E-state index in [0.29, 0.717) is 12.3 Å². The zero-order valence-corrected chi connectivity index (χ0v) is 12.8. The van der Waals surface area contributed by atoms with E-state index in [0.717, 1.165) is 29.6 Å². The minimum atomic E-state index is -0.668. The average molecular weight is 323 g/mol. The summed E-state index contributed by atoms with van der Waals surface area (Å²) >= 11 is 1.02. The summed E-state index contributed by atoms with van der Waals surface area (Å²) in [6, 6.07) is 10.2. The van der Waals surface area contributed by atoms with E-state index in [1.807, 2.05) is 6.92 Å². The van der Waals surface area contributed by atoms with Gasteiger partial charge < -0.3 is 10.1 Å². The van der Waals surface area contributed by atoms with Crippen molar-refractivity contribution in [1.82, 2.24) is 0 Å². The maximum Gasteiger partial charge on any atom is 0.234 e. The molecule has 2 aromatic carbocycles. The first-order chi connectivity index (χ1) is 10.6. The summed E-state index contributed by atoms with van der Waals surface area (Å²) < 4.78 is 31.5. The lowest BCUT2D eigenvalue weighted by molar-refractivity contribution is -0.113. The number of halogens is 2. The number of rotatable bonds is 6. The number of carbonyl (C=O) groups excluding carboxylic acids is 1. The van der Waals surface area contributed by atoms with Gasteiger partial charge in [0.05, 0.1) is 12.4 Å². The van der Waals surface area contributed by atoms with Gasteiger partial charge in [-0.25, -0.2) is 8.78 Å². The summed E-state index contributed by atoms with van der Waals surface area (Å²) in [6.07, 6.45) is 0. The van der Waals surface area contributed by atoms with Crippen molar-refractivity contribution in [3.8, 4) is 5.75 Å². The van der Waals surface area contributed by atoms with Crippen molar-refractivity contribution >= 4 is 23.4 Å². The van der Waals surface area contributed by atoms with Crippen molar-refractivity contribution in [2.24, 2.45) is 0 Å². The molecule has 0 aromatic heterocycles. The van der Waals surface area contributed by atoms with Crippen LogP contribution in [-0.4, -0.2) is 18.3 Å². The van der Waals surface area contributed by atoms with E-state index < -0.39 is 11.6 Å². The first kappa shape index (κ1) is 16.3. The van der Waals surface area contributed by atoms with Gasteiger partial charge in [-0.05, 0) is 43.3 Å². The van der Waals surface area contributed by atoms with Crippen LogP contribution >= 0.6 is 11.8 Å². The molecule has 2 aromatic rings. The van der Waals surface area contributed by atoms with E-state index in [4.69, 9.17) is 4.74 Å². The maximum absolute atomic E-state index is 13.4. The third kappa shape index (κ3) is 4.73. The monoisotopic (exact) mass is 323 g/mol. The largest absolute Gasteiger partial charge is 0.494 e. The molecule has 2 rings (SSSR count). The Bertz CT molecular complexity index is 647. The van der Waals surface area contributed by atoms with E-state index in [1.54, 1.807) is 24.3 Å². The Hall–Kier alpha value is -2.08. The number of thioether (sulfide) groups is 1. The fourth-order valence-corrected chi connectivity index (χ4v) is 2.45. The minimum Gasteiger partial charge on any atom is -0.494 e. The standard InChI is InChI=1S/C16H15F2NO2S/c1-2-21-13-6-4-12(5-7-13)19-16(20)10-22-15-8-3-11(17)9-14(15)18/h3-9H,2,10H2,1H3,(H,19,20). The highest BCUT2D eigenvalue weighted by atomic mass is 32.2. The molecule has 0 aliphatic heterocycles. The predicted molar refractivity (Wildman–Crippen MR) is 83.3 cm³/mol. The molecule has 6 heteroatoms. The lowest BCUT2D eigenvalue weighted by Gasteiger charge is -2.07. The topological polar surface area (TPSA) is 38.3 Å². The molecule has 0 unspecified atom stereocenters. The van der Waals surface area contributed by atoms with Gasteiger partial charge in [-0.15, -0.1) is 11.8 Å². The molecule has 0 aliphatic rings. The molecular formula is C16H15F2NO2S. The Morgan fingerprint density at radius 3 is 2.55 bits per heavy atom. The van der Waals surface area contributed by atoms with Crippen molar-refractivity contribution < 1.29 is 18.3 Å². The van der Waals surface area contributed by atoms with Gasteiger partial charge >= 0.3 is 0 Å².